The summed E-state index contributed by atoms with van der Waals surface area (Å²) in [6.45, 7) is 0.405. The van der Waals surface area contributed by atoms with Crippen molar-refractivity contribution in [2.24, 2.45) is 5.92 Å². The molecule has 27 heavy (non-hydrogen) atoms. The molecule has 1 N–H and O–H groups in total. The van der Waals surface area contributed by atoms with E-state index in [0.29, 0.717) is 31.4 Å². The Morgan fingerprint density at radius 2 is 1.89 bits per heavy atom. The number of alkyl carbamates (subject to hydrolysis) is 1. The van der Waals surface area contributed by atoms with Gasteiger partial charge in [0.15, 0.2) is 0 Å². The van der Waals surface area contributed by atoms with E-state index < -0.39 is 0 Å². The predicted molar refractivity (Wildman–Crippen MR) is 102 cm³/mol. The average molecular weight is 368 g/mol. The molecule has 5 rings (SSSR count). The standard InChI is InChI=1S/C22H28N2O3/c1-24(20(25)18-11-22(12-18)13-27-21(26)23-22)19-9-17(10-19)16-7-3-6-15(8-16)14-4-2-5-14/h3,6-8,14,17-19H,2,4-5,9-13H2,1H3,(H,23,26). The molecule has 1 aromatic rings. The third-order valence-corrected chi connectivity index (χ3v) is 7.44. The number of hydrogen-bond donors (Lipinski definition) is 1. The van der Waals surface area contributed by atoms with Crippen LogP contribution >= 0.6 is 0 Å². The molecule has 3 aliphatic carbocycles. The fraction of sp³-hybridized carbons (Fsp3) is 0.636. The number of amides is 2. The van der Waals surface area contributed by atoms with E-state index in [4.69, 9.17) is 4.74 Å². The molecule has 0 unspecified atom stereocenters. The van der Waals surface area contributed by atoms with E-state index in [2.05, 4.69) is 29.6 Å². The third kappa shape index (κ3) is 2.91. The minimum absolute atomic E-state index is 0.0259. The van der Waals surface area contributed by atoms with E-state index in [1.54, 1.807) is 0 Å². The zero-order chi connectivity index (χ0) is 18.6. The van der Waals surface area contributed by atoms with Crippen molar-refractivity contribution in [2.45, 2.75) is 68.4 Å². The maximum absolute atomic E-state index is 12.8. The molecule has 5 heteroatoms. The van der Waals surface area contributed by atoms with Crippen molar-refractivity contribution in [3.63, 3.8) is 0 Å². The molecule has 4 fully saturated rings. The molecule has 5 nitrogen and oxygen atoms in total. The van der Waals surface area contributed by atoms with Crippen molar-refractivity contribution in [1.29, 1.82) is 0 Å². The molecule has 0 atom stereocenters. The molecular formula is C22H28N2O3. The number of rotatable bonds is 4. The molecule has 1 aromatic carbocycles. The van der Waals surface area contributed by atoms with Crippen LogP contribution in [-0.4, -0.2) is 42.1 Å². The minimum atomic E-state index is -0.347. The van der Waals surface area contributed by atoms with Crippen molar-refractivity contribution in [1.82, 2.24) is 10.2 Å². The SMILES string of the molecule is CN(C(=O)C1CC2(COC(=O)N2)C1)C1CC(c2cccc(C3CCC3)c2)C1. The molecule has 0 bridgehead atoms. The Balaban J connectivity index is 1.14. The largest absolute Gasteiger partial charge is 0.447 e. The molecule has 2 amide bonds. The lowest BCUT2D eigenvalue weighted by Crippen LogP contribution is -2.59. The first kappa shape index (κ1) is 17.1. The topological polar surface area (TPSA) is 58.6 Å². The molecule has 1 spiro atoms. The first-order valence-corrected chi connectivity index (χ1v) is 10.3. The van der Waals surface area contributed by atoms with Crippen molar-refractivity contribution in [3.05, 3.63) is 35.4 Å². The number of ether oxygens (including phenoxy) is 1. The molecule has 0 radical (unpaired) electrons. The molecule has 1 saturated heterocycles. The van der Waals surface area contributed by atoms with E-state index in [1.807, 2.05) is 11.9 Å². The average Bonchev–Trinajstić information content (AvgIpc) is 2.92. The van der Waals surface area contributed by atoms with Gasteiger partial charge in [-0.25, -0.2) is 4.79 Å². The monoisotopic (exact) mass is 368 g/mol. The fourth-order valence-corrected chi connectivity index (χ4v) is 5.22. The van der Waals surface area contributed by atoms with Crippen LogP contribution in [0, 0.1) is 5.92 Å². The molecule has 1 heterocycles. The number of cyclic esters (lactones) is 1. The van der Waals surface area contributed by atoms with Gasteiger partial charge in [-0.2, -0.15) is 0 Å². The van der Waals surface area contributed by atoms with Gasteiger partial charge in [0.1, 0.15) is 6.61 Å². The number of benzene rings is 1. The van der Waals surface area contributed by atoms with E-state index in [1.165, 1.54) is 30.4 Å². The molecular weight excluding hydrogens is 340 g/mol. The van der Waals surface area contributed by atoms with Crippen molar-refractivity contribution >= 4 is 12.0 Å². The van der Waals surface area contributed by atoms with Crippen molar-refractivity contribution < 1.29 is 14.3 Å². The predicted octanol–water partition coefficient (Wildman–Crippen LogP) is 3.55. The summed E-state index contributed by atoms with van der Waals surface area (Å²) in [5.41, 5.74) is 2.68. The first-order chi connectivity index (χ1) is 13.0. The Morgan fingerprint density at radius 3 is 2.48 bits per heavy atom. The highest BCUT2D eigenvalue weighted by molar-refractivity contribution is 5.81. The molecule has 1 aliphatic heterocycles. The summed E-state index contributed by atoms with van der Waals surface area (Å²) in [4.78, 5) is 26.0. The second-order valence-corrected chi connectivity index (χ2v) is 9.16. The van der Waals surface area contributed by atoms with E-state index in [-0.39, 0.29) is 23.5 Å². The smallest absolute Gasteiger partial charge is 0.407 e. The Morgan fingerprint density at radius 1 is 1.19 bits per heavy atom. The number of carbonyl (C=O) groups excluding carboxylic acids is 2. The van der Waals surface area contributed by atoms with Crippen LogP contribution in [0.3, 0.4) is 0 Å². The Hall–Kier alpha value is -2.04. The number of nitrogens with one attached hydrogen (secondary N) is 1. The highest BCUT2D eigenvalue weighted by atomic mass is 16.6. The maximum atomic E-state index is 12.8. The van der Waals surface area contributed by atoms with Crippen LogP contribution in [0.25, 0.3) is 0 Å². The summed E-state index contributed by atoms with van der Waals surface area (Å²) >= 11 is 0. The normalized spacial score (nSPS) is 34.9. The van der Waals surface area contributed by atoms with Gasteiger partial charge >= 0.3 is 6.09 Å². The molecule has 3 saturated carbocycles. The van der Waals surface area contributed by atoms with Crippen molar-refractivity contribution in [2.75, 3.05) is 13.7 Å². The van der Waals surface area contributed by atoms with Crippen LogP contribution < -0.4 is 5.32 Å². The summed E-state index contributed by atoms with van der Waals surface area (Å²) in [6.07, 6.45) is 7.24. The van der Waals surface area contributed by atoms with Gasteiger partial charge in [0.05, 0.1) is 5.54 Å². The Kier molecular flexibility index (Phi) is 3.95. The summed E-state index contributed by atoms with van der Waals surface area (Å²) in [5.74, 6) is 1.61. The second kappa shape index (κ2) is 6.25. The van der Waals surface area contributed by atoms with Crippen LogP contribution in [0.15, 0.2) is 24.3 Å². The molecule has 0 aromatic heterocycles. The maximum Gasteiger partial charge on any atom is 0.407 e. The minimum Gasteiger partial charge on any atom is -0.447 e. The van der Waals surface area contributed by atoms with Gasteiger partial charge < -0.3 is 15.0 Å². The van der Waals surface area contributed by atoms with E-state index >= 15 is 0 Å². The Labute approximate surface area is 160 Å². The summed E-state index contributed by atoms with van der Waals surface area (Å²) in [6, 6.07) is 9.49. The summed E-state index contributed by atoms with van der Waals surface area (Å²) in [5, 5.41) is 2.87. The molecule has 4 aliphatic rings. The second-order valence-electron chi connectivity index (χ2n) is 9.16. The van der Waals surface area contributed by atoms with Gasteiger partial charge in [-0.05, 0) is 61.5 Å². The van der Waals surface area contributed by atoms with Crippen LogP contribution in [-0.2, 0) is 9.53 Å². The van der Waals surface area contributed by atoms with Crippen LogP contribution in [0.4, 0.5) is 4.79 Å². The summed E-state index contributed by atoms with van der Waals surface area (Å²) in [7, 11) is 1.95. The lowest BCUT2D eigenvalue weighted by molar-refractivity contribution is -0.143. The number of carbonyl (C=O) groups is 2. The lowest BCUT2D eigenvalue weighted by Gasteiger charge is -2.47. The van der Waals surface area contributed by atoms with Gasteiger partial charge in [-0.15, -0.1) is 0 Å². The third-order valence-electron chi connectivity index (χ3n) is 7.44. The molecule has 144 valence electrons. The van der Waals surface area contributed by atoms with Crippen LogP contribution in [0.5, 0.6) is 0 Å². The summed E-state index contributed by atoms with van der Waals surface area (Å²) < 4.78 is 5.01. The zero-order valence-corrected chi connectivity index (χ0v) is 15.9. The van der Waals surface area contributed by atoms with Crippen LogP contribution in [0.2, 0.25) is 0 Å². The zero-order valence-electron chi connectivity index (χ0n) is 15.9. The van der Waals surface area contributed by atoms with Crippen LogP contribution in [0.1, 0.15) is 67.9 Å². The van der Waals surface area contributed by atoms with Gasteiger partial charge in [0.25, 0.3) is 0 Å². The van der Waals surface area contributed by atoms with Gasteiger partial charge in [-0.3, -0.25) is 4.79 Å². The lowest BCUT2D eigenvalue weighted by atomic mass is 9.67. The fourth-order valence-electron chi connectivity index (χ4n) is 5.22. The first-order valence-electron chi connectivity index (χ1n) is 10.3. The highest BCUT2D eigenvalue weighted by Crippen LogP contribution is 2.45. The van der Waals surface area contributed by atoms with Gasteiger partial charge in [0, 0.05) is 19.0 Å². The van der Waals surface area contributed by atoms with Gasteiger partial charge in [0.2, 0.25) is 5.91 Å². The van der Waals surface area contributed by atoms with Gasteiger partial charge in [-0.1, -0.05) is 30.7 Å². The number of hydrogen-bond acceptors (Lipinski definition) is 3. The highest BCUT2D eigenvalue weighted by Gasteiger charge is 2.53. The van der Waals surface area contributed by atoms with E-state index in [9.17, 15) is 9.59 Å². The quantitative estimate of drug-likeness (QED) is 0.884. The number of nitrogens with zero attached hydrogens (tertiary/aromatic N) is 1. The Bertz CT molecular complexity index is 761. The van der Waals surface area contributed by atoms with Crippen molar-refractivity contribution in [3.8, 4) is 0 Å². The van der Waals surface area contributed by atoms with E-state index in [0.717, 1.165) is 18.8 Å².